The van der Waals surface area contributed by atoms with Crippen LogP contribution in [0.3, 0.4) is 0 Å². The Morgan fingerprint density at radius 2 is 2.27 bits per heavy atom. The summed E-state index contributed by atoms with van der Waals surface area (Å²) in [4.78, 5) is 28.4. The maximum Gasteiger partial charge on any atom is 0.328 e. The summed E-state index contributed by atoms with van der Waals surface area (Å²) in [7, 11) is 0. The van der Waals surface area contributed by atoms with Gasteiger partial charge in [0.25, 0.3) is 0 Å². The van der Waals surface area contributed by atoms with E-state index in [0.29, 0.717) is 13.2 Å². The zero-order chi connectivity index (χ0) is 15.7. The van der Waals surface area contributed by atoms with Gasteiger partial charge in [-0.25, -0.2) is 4.79 Å². The third kappa shape index (κ3) is 2.57. The number of hydrogen-bond acceptors (Lipinski definition) is 3. The van der Waals surface area contributed by atoms with E-state index < -0.39 is 12.0 Å². The van der Waals surface area contributed by atoms with Crippen molar-refractivity contribution in [2.75, 3.05) is 19.8 Å². The molecule has 1 aromatic heterocycles. The lowest BCUT2D eigenvalue weighted by Crippen LogP contribution is -2.53. The number of fused-ring (bicyclic) bond motifs is 1. The Bertz CT molecular complexity index is 722. The van der Waals surface area contributed by atoms with Crippen LogP contribution in [0.4, 0.5) is 0 Å². The minimum Gasteiger partial charge on any atom is -0.480 e. The average Bonchev–Trinajstić information content (AvgIpc) is 2.91. The second-order valence-corrected chi connectivity index (χ2v) is 5.50. The first-order chi connectivity index (χ1) is 10.6. The Labute approximate surface area is 127 Å². The number of aromatic amines is 1. The molecule has 6 nitrogen and oxygen atoms in total. The zero-order valence-electron chi connectivity index (χ0n) is 12.3. The van der Waals surface area contributed by atoms with Crippen molar-refractivity contribution >= 4 is 22.8 Å². The van der Waals surface area contributed by atoms with Gasteiger partial charge >= 0.3 is 5.97 Å². The molecule has 1 atom stereocenters. The lowest BCUT2D eigenvalue weighted by atomic mass is 10.0. The van der Waals surface area contributed by atoms with Crippen LogP contribution in [0.1, 0.15) is 11.1 Å². The van der Waals surface area contributed by atoms with Crippen molar-refractivity contribution in [2.45, 2.75) is 19.4 Å². The highest BCUT2D eigenvalue weighted by Crippen LogP contribution is 2.23. The van der Waals surface area contributed by atoms with Crippen LogP contribution in [0, 0.1) is 6.92 Å². The second-order valence-electron chi connectivity index (χ2n) is 5.50. The molecule has 22 heavy (non-hydrogen) atoms. The van der Waals surface area contributed by atoms with Crippen LogP contribution in [0.5, 0.6) is 0 Å². The van der Waals surface area contributed by atoms with E-state index in [1.807, 2.05) is 31.3 Å². The Hall–Kier alpha value is -2.34. The largest absolute Gasteiger partial charge is 0.480 e. The number of carboxylic acids is 1. The van der Waals surface area contributed by atoms with Crippen LogP contribution in [0.2, 0.25) is 0 Å². The number of carboxylic acid groups (broad SMARTS) is 1. The van der Waals surface area contributed by atoms with Gasteiger partial charge in [-0.2, -0.15) is 0 Å². The van der Waals surface area contributed by atoms with Gasteiger partial charge in [0, 0.05) is 23.6 Å². The molecule has 116 valence electrons. The van der Waals surface area contributed by atoms with E-state index in [0.717, 1.165) is 22.0 Å². The van der Waals surface area contributed by atoms with Gasteiger partial charge in [-0.15, -0.1) is 0 Å². The predicted octanol–water partition coefficient (Wildman–Crippen LogP) is 1.33. The maximum absolute atomic E-state index is 12.5. The van der Waals surface area contributed by atoms with Crippen LogP contribution in [-0.4, -0.2) is 52.7 Å². The van der Waals surface area contributed by atoms with Crippen LogP contribution in [0.15, 0.2) is 24.4 Å². The number of nitrogens with one attached hydrogen (secondary N) is 1. The third-order valence-electron chi connectivity index (χ3n) is 4.07. The van der Waals surface area contributed by atoms with E-state index in [4.69, 9.17) is 4.74 Å². The molecule has 2 N–H and O–H groups in total. The quantitative estimate of drug-likeness (QED) is 0.896. The summed E-state index contributed by atoms with van der Waals surface area (Å²) in [5, 5.41) is 10.3. The lowest BCUT2D eigenvalue weighted by molar-refractivity contribution is -0.157. The molecule has 0 saturated carbocycles. The molecular formula is C16H18N2O4. The first-order valence-corrected chi connectivity index (χ1v) is 7.23. The Balaban J connectivity index is 1.85. The van der Waals surface area contributed by atoms with Crippen molar-refractivity contribution in [3.05, 3.63) is 35.5 Å². The molecule has 3 rings (SSSR count). The highest BCUT2D eigenvalue weighted by atomic mass is 16.5. The van der Waals surface area contributed by atoms with Gasteiger partial charge in [-0.1, -0.05) is 12.1 Å². The summed E-state index contributed by atoms with van der Waals surface area (Å²) < 4.78 is 5.17. The Kier molecular flexibility index (Phi) is 3.85. The summed E-state index contributed by atoms with van der Waals surface area (Å²) in [5.74, 6) is -1.21. The fourth-order valence-corrected chi connectivity index (χ4v) is 2.96. The van der Waals surface area contributed by atoms with Crippen LogP contribution < -0.4 is 0 Å². The molecule has 2 heterocycles. The highest BCUT2D eigenvalue weighted by Gasteiger charge is 2.32. The molecule has 1 amide bonds. The summed E-state index contributed by atoms with van der Waals surface area (Å²) in [6, 6.07) is 5.03. The number of amides is 1. The fourth-order valence-electron chi connectivity index (χ4n) is 2.96. The van der Waals surface area contributed by atoms with Crippen LogP contribution >= 0.6 is 0 Å². The molecule has 0 aliphatic carbocycles. The minimum atomic E-state index is -1.02. The summed E-state index contributed by atoms with van der Waals surface area (Å²) in [5.41, 5.74) is 2.98. The first-order valence-electron chi connectivity index (χ1n) is 7.23. The number of benzene rings is 1. The van der Waals surface area contributed by atoms with Gasteiger partial charge in [0.15, 0.2) is 6.04 Å². The molecule has 1 aromatic carbocycles. The van der Waals surface area contributed by atoms with E-state index in [-0.39, 0.29) is 18.9 Å². The number of aliphatic carboxylic acids is 1. The topological polar surface area (TPSA) is 82.6 Å². The number of nitrogens with zero attached hydrogens (tertiary/aromatic N) is 1. The van der Waals surface area contributed by atoms with Gasteiger partial charge in [-0.05, 0) is 24.1 Å². The van der Waals surface area contributed by atoms with Gasteiger partial charge in [0.05, 0.1) is 19.6 Å². The predicted molar refractivity (Wildman–Crippen MR) is 80.7 cm³/mol. The van der Waals surface area contributed by atoms with Gasteiger partial charge in [0.2, 0.25) is 5.91 Å². The molecule has 0 spiro atoms. The number of hydrogen-bond donors (Lipinski definition) is 2. The monoisotopic (exact) mass is 302 g/mol. The summed E-state index contributed by atoms with van der Waals surface area (Å²) in [6.07, 6.45) is 2.01. The van der Waals surface area contributed by atoms with Crippen molar-refractivity contribution in [3.63, 3.8) is 0 Å². The third-order valence-corrected chi connectivity index (χ3v) is 4.07. The van der Waals surface area contributed by atoms with Crippen molar-refractivity contribution < 1.29 is 19.4 Å². The van der Waals surface area contributed by atoms with Gasteiger partial charge < -0.3 is 19.7 Å². The number of aryl methyl sites for hydroxylation is 1. The maximum atomic E-state index is 12.5. The van der Waals surface area contributed by atoms with E-state index in [1.165, 1.54) is 4.90 Å². The van der Waals surface area contributed by atoms with Crippen LogP contribution in [0.25, 0.3) is 10.9 Å². The standard InChI is InChI=1S/C16H18N2O4/c1-10-3-2-4-12-15(10)11(8-17-12)7-14(19)18-5-6-22-9-13(18)16(20)21/h2-4,8,13,17H,5-7,9H2,1H3,(H,20,21)/t13-/m1/s1. The van der Waals surface area contributed by atoms with E-state index >= 15 is 0 Å². The summed E-state index contributed by atoms with van der Waals surface area (Å²) >= 11 is 0. The number of rotatable bonds is 3. The summed E-state index contributed by atoms with van der Waals surface area (Å²) in [6.45, 7) is 2.74. The average molecular weight is 302 g/mol. The zero-order valence-corrected chi connectivity index (χ0v) is 12.3. The SMILES string of the molecule is Cc1cccc2[nH]cc(CC(=O)N3CCOC[C@@H]3C(=O)O)c12. The smallest absolute Gasteiger partial charge is 0.328 e. The van der Waals surface area contributed by atoms with Gasteiger partial charge in [-0.3, -0.25) is 4.79 Å². The highest BCUT2D eigenvalue weighted by molar-refractivity contribution is 5.92. The molecule has 0 radical (unpaired) electrons. The molecule has 1 saturated heterocycles. The minimum absolute atomic E-state index is 0.0496. The van der Waals surface area contributed by atoms with E-state index in [1.54, 1.807) is 0 Å². The second kappa shape index (κ2) is 5.81. The number of H-pyrrole nitrogens is 1. The first kappa shape index (κ1) is 14.6. The number of carbonyl (C=O) groups excluding carboxylic acids is 1. The van der Waals surface area contributed by atoms with E-state index in [2.05, 4.69) is 4.98 Å². The van der Waals surface area contributed by atoms with E-state index in [9.17, 15) is 14.7 Å². The van der Waals surface area contributed by atoms with Gasteiger partial charge in [0.1, 0.15) is 0 Å². The van der Waals surface area contributed by atoms with Crippen LogP contribution in [-0.2, 0) is 20.7 Å². The molecule has 0 bridgehead atoms. The molecule has 1 aliphatic heterocycles. The number of ether oxygens (including phenoxy) is 1. The Morgan fingerprint density at radius 3 is 3.05 bits per heavy atom. The van der Waals surface area contributed by atoms with Crippen molar-refractivity contribution in [3.8, 4) is 0 Å². The van der Waals surface area contributed by atoms with Crippen molar-refractivity contribution in [2.24, 2.45) is 0 Å². The molecule has 1 fully saturated rings. The van der Waals surface area contributed by atoms with Crippen molar-refractivity contribution in [1.82, 2.24) is 9.88 Å². The normalized spacial score (nSPS) is 18.6. The molecule has 2 aromatic rings. The van der Waals surface area contributed by atoms with Crippen molar-refractivity contribution in [1.29, 1.82) is 0 Å². The number of carbonyl (C=O) groups is 2. The molecular weight excluding hydrogens is 284 g/mol. The number of aromatic nitrogens is 1. The fraction of sp³-hybridized carbons (Fsp3) is 0.375. The lowest BCUT2D eigenvalue weighted by Gasteiger charge is -2.32. The molecule has 1 aliphatic rings. The molecule has 0 unspecified atom stereocenters. The molecule has 6 heteroatoms. The Morgan fingerprint density at radius 1 is 1.45 bits per heavy atom. The number of morpholine rings is 1.